The molecule has 0 spiro atoms. The highest BCUT2D eigenvalue weighted by molar-refractivity contribution is 5.93. The maximum atomic E-state index is 12.8. The van der Waals surface area contributed by atoms with Crippen LogP contribution in [0.2, 0.25) is 0 Å². The quantitative estimate of drug-likeness (QED) is 0.689. The molecule has 0 aliphatic carbocycles. The molecular weight excluding hydrogens is 414 g/mol. The van der Waals surface area contributed by atoms with Gasteiger partial charge < -0.3 is 15.1 Å². The van der Waals surface area contributed by atoms with Crippen molar-refractivity contribution >= 4 is 23.3 Å². The molecule has 0 unspecified atom stereocenters. The molecule has 2 fully saturated rings. The first kappa shape index (κ1) is 23.2. The molecule has 2 aromatic rings. The number of amides is 2. The van der Waals surface area contributed by atoms with Gasteiger partial charge in [-0.3, -0.25) is 9.59 Å². The van der Waals surface area contributed by atoms with E-state index in [0.717, 1.165) is 63.2 Å². The summed E-state index contributed by atoms with van der Waals surface area (Å²) in [5, 5.41) is 11.2. The molecule has 4 rings (SSSR count). The summed E-state index contributed by atoms with van der Waals surface area (Å²) in [5.41, 5.74) is 2.13. The third kappa shape index (κ3) is 5.52. The standard InChI is InChI=1S/C26H35N5O2/c1-3-19(4-2)26(33)30-15-11-21(12-16-30)20-7-9-23(10-8-20)28-25(32)22-13-17-31(18-22)24-6-5-14-27-29-24/h5-10,14,19,21-22H,3-4,11-13,15-18H2,1-2H3,(H,28,32)/t22-/m0/s1. The largest absolute Gasteiger partial charge is 0.354 e. The van der Waals surface area contributed by atoms with Crippen molar-refractivity contribution in [2.24, 2.45) is 11.8 Å². The van der Waals surface area contributed by atoms with Gasteiger partial charge in [0, 0.05) is 44.0 Å². The lowest BCUT2D eigenvalue weighted by molar-refractivity contribution is -0.136. The number of benzene rings is 1. The van der Waals surface area contributed by atoms with E-state index in [4.69, 9.17) is 0 Å². The monoisotopic (exact) mass is 449 g/mol. The highest BCUT2D eigenvalue weighted by atomic mass is 16.2. The number of hydrogen-bond donors (Lipinski definition) is 1. The normalized spacial score (nSPS) is 19.2. The number of rotatable bonds is 7. The van der Waals surface area contributed by atoms with Crippen molar-refractivity contribution in [3.05, 3.63) is 48.2 Å². The first-order valence-electron chi connectivity index (χ1n) is 12.3. The first-order chi connectivity index (χ1) is 16.1. The van der Waals surface area contributed by atoms with Gasteiger partial charge in [0.1, 0.15) is 0 Å². The minimum atomic E-state index is -0.0522. The second kappa shape index (κ2) is 10.8. The van der Waals surface area contributed by atoms with Crippen LogP contribution in [0, 0.1) is 11.8 Å². The number of carbonyl (C=O) groups is 2. The number of nitrogens with zero attached hydrogens (tertiary/aromatic N) is 4. The van der Waals surface area contributed by atoms with Crippen molar-refractivity contribution in [1.82, 2.24) is 15.1 Å². The van der Waals surface area contributed by atoms with Gasteiger partial charge >= 0.3 is 0 Å². The average Bonchev–Trinajstić information content (AvgIpc) is 3.37. The van der Waals surface area contributed by atoms with Gasteiger partial charge in [-0.05, 0) is 67.9 Å². The molecule has 1 N–H and O–H groups in total. The molecule has 2 aliphatic rings. The Balaban J connectivity index is 1.27. The Morgan fingerprint density at radius 2 is 1.76 bits per heavy atom. The van der Waals surface area contributed by atoms with Gasteiger partial charge in [0.2, 0.25) is 11.8 Å². The van der Waals surface area contributed by atoms with Crippen molar-refractivity contribution < 1.29 is 9.59 Å². The van der Waals surface area contributed by atoms with E-state index in [2.05, 4.69) is 51.3 Å². The molecule has 0 bridgehead atoms. The SMILES string of the molecule is CCC(CC)C(=O)N1CCC(c2ccc(NC(=O)[C@H]3CCN(c4cccnn4)C3)cc2)CC1. The van der Waals surface area contributed by atoms with Crippen LogP contribution in [-0.2, 0) is 9.59 Å². The van der Waals surface area contributed by atoms with Crippen LogP contribution < -0.4 is 10.2 Å². The lowest BCUT2D eigenvalue weighted by Gasteiger charge is -2.34. The van der Waals surface area contributed by atoms with Gasteiger partial charge in [-0.15, -0.1) is 5.10 Å². The number of nitrogens with one attached hydrogen (secondary N) is 1. The Hall–Kier alpha value is -2.96. The van der Waals surface area contributed by atoms with Crippen molar-refractivity contribution in [3.63, 3.8) is 0 Å². The van der Waals surface area contributed by atoms with Crippen LogP contribution in [0.15, 0.2) is 42.6 Å². The van der Waals surface area contributed by atoms with Crippen molar-refractivity contribution in [1.29, 1.82) is 0 Å². The second-order valence-electron chi connectivity index (χ2n) is 9.24. The topological polar surface area (TPSA) is 78.4 Å². The number of likely N-dealkylation sites (tertiary alicyclic amines) is 1. The fourth-order valence-corrected chi connectivity index (χ4v) is 5.06. The Bertz CT molecular complexity index is 921. The van der Waals surface area contributed by atoms with Crippen LogP contribution in [0.5, 0.6) is 0 Å². The van der Waals surface area contributed by atoms with Crippen LogP contribution in [0.4, 0.5) is 11.5 Å². The van der Waals surface area contributed by atoms with E-state index in [1.807, 2.05) is 24.3 Å². The van der Waals surface area contributed by atoms with Crippen molar-refractivity contribution in [2.45, 2.75) is 51.9 Å². The van der Waals surface area contributed by atoms with Crippen LogP contribution in [-0.4, -0.2) is 53.1 Å². The number of piperidine rings is 1. The van der Waals surface area contributed by atoms with Crippen LogP contribution in [0.3, 0.4) is 0 Å². The van der Waals surface area contributed by atoms with E-state index < -0.39 is 0 Å². The molecule has 2 aliphatic heterocycles. The molecule has 2 amide bonds. The predicted octanol–water partition coefficient (Wildman–Crippen LogP) is 4.08. The third-order valence-corrected chi connectivity index (χ3v) is 7.23. The zero-order chi connectivity index (χ0) is 23.2. The molecule has 33 heavy (non-hydrogen) atoms. The van der Waals surface area contributed by atoms with E-state index in [1.165, 1.54) is 5.56 Å². The smallest absolute Gasteiger partial charge is 0.229 e. The Kier molecular flexibility index (Phi) is 7.57. The molecule has 1 atom stereocenters. The number of anilines is 2. The average molecular weight is 450 g/mol. The zero-order valence-corrected chi connectivity index (χ0v) is 19.7. The fourth-order valence-electron chi connectivity index (χ4n) is 5.06. The lowest BCUT2D eigenvalue weighted by Crippen LogP contribution is -2.41. The molecule has 176 valence electrons. The second-order valence-corrected chi connectivity index (χ2v) is 9.24. The van der Waals surface area contributed by atoms with Crippen LogP contribution in [0.25, 0.3) is 0 Å². The van der Waals surface area contributed by atoms with Crippen LogP contribution >= 0.6 is 0 Å². The van der Waals surface area contributed by atoms with Gasteiger partial charge in [0.25, 0.3) is 0 Å². The van der Waals surface area contributed by atoms with Gasteiger partial charge in [-0.2, -0.15) is 5.10 Å². The Labute approximate surface area is 196 Å². The molecule has 7 nitrogen and oxygen atoms in total. The summed E-state index contributed by atoms with van der Waals surface area (Å²) >= 11 is 0. The molecule has 1 aromatic carbocycles. The Morgan fingerprint density at radius 3 is 2.39 bits per heavy atom. The number of carbonyl (C=O) groups excluding carboxylic acids is 2. The summed E-state index contributed by atoms with van der Waals surface area (Å²) in [6, 6.07) is 12.1. The summed E-state index contributed by atoms with van der Waals surface area (Å²) in [7, 11) is 0. The zero-order valence-electron chi connectivity index (χ0n) is 19.7. The van der Waals surface area contributed by atoms with E-state index in [9.17, 15) is 9.59 Å². The maximum Gasteiger partial charge on any atom is 0.229 e. The molecular formula is C26H35N5O2. The number of aromatic nitrogens is 2. The fraction of sp³-hybridized carbons (Fsp3) is 0.538. The summed E-state index contributed by atoms with van der Waals surface area (Å²) in [5.74, 6) is 1.78. The van der Waals surface area contributed by atoms with E-state index in [0.29, 0.717) is 18.4 Å². The van der Waals surface area contributed by atoms with Crippen molar-refractivity contribution in [2.75, 3.05) is 36.4 Å². The Morgan fingerprint density at radius 1 is 1.03 bits per heavy atom. The highest BCUT2D eigenvalue weighted by Gasteiger charge is 2.30. The van der Waals surface area contributed by atoms with Gasteiger partial charge in [0.05, 0.1) is 5.92 Å². The summed E-state index contributed by atoms with van der Waals surface area (Å²) in [6.45, 7) is 7.34. The molecule has 0 radical (unpaired) electrons. The first-order valence-corrected chi connectivity index (χ1v) is 12.3. The van der Waals surface area contributed by atoms with E-state index >= 15 is 0 Å². The van der Waals surface area contributed by atoms with Crippen molar-refractivity contribution in [3.8, 4) is 0 Å². The predicted molar refractivity (Wildman–Crippen MR) is 130 cm³/mol. The minimum absolute atomic E-state index is 0.0522. The summed E-state index contributed by atoms with van der Waals surface area (Å²) in [4.78, 5) is 29.6. The molecule has 2 saturated heterocycles. The number of hydrogen-bond acceptors (Lipinski definition) is 5. The maximum absolute atomic E-state index is 12.8. The summed E-state index contributed by atoms with van der Waals surface area (Å²) < 4.78 is 0. The van der Waals surface area contributed by atoms with E-state index in [1.54, 1.807) is 6.20 Å². The highest BCUT2D eigenvalue weighted by Crippen LogP contribution is 2.30. The van der Waals surface area contributed by atoms with Gasteiger partial charge in [-0.1, -0.05) is 26.0 Å². The third-order valence-electron chi connectivity index (χ3n) is 7.23. The lowest BCUT2D eigenvalue weighted by atomic mass is 9.88. The molecule has 7 heteroatoms. The molecule has 1 aromatic heterocycles. The molecule has 0 saturated carbocycles. The summed E-state index contributed by atoms with van der Waals surface area (Å²) in [6.07, 6.45) is 6.30. The van der Waals surface area contributed by atoms with E-state index in [-0.39, 0.29) is 17.7 Å². The van der Waals surface area contributed by atoms with Gasteiger partial charge in [0.15, 0.2) is 5.82 Å². The van der Waals surface area contributed by atoms with Gasteiger partial charge in [-0.25, -0.2) is 0 Å². The molecule has 3 heterocycles. The minimum Gasteiger partial charge on any atom is -0.354 e. The van der Waals surface area contributed by atoms with Crippen LogP contribution in [0.1, 0.15) is 57.4 Å².